The maximum absolute atomic E-state index is 9.76. The SMILES string of the molecule is CC(O)CN1CCCc2ccc(-c3ccnc(Nc4cnn(C)c4)n3)cc2C1. The van der Waals surface area contributed by atoms with E-state index >= 15 is 0 Å². The van der Waals surface area contributed by atoms with Gasteiger partial charge >= 0.3 is 0 Å². The molecule has 3 aromatic rings. The van der Waals surface area contributed by atoms with Crippen LogP contribution in [0.2, 0.25) is 0 Å². The van der Waals surface area contributed by atoms with Crippen LogP contribution in [0.5, 0.6) is 0 Å². The summed E-state index contributed by atoms with van der Waals surface area (Å²) in [5.74, 6) is 0.552. The lowest BCUT2D eigenvalue weighted by Crippen LogP contribution is -2.30. The van der Waals surface area contributed by atoms with E-state index in [1.165, 1.54) is 11.1 Å². The summed E-state index contributed by atoms with van der Waals surface area (Å²) in [5.41, 5.74) is 5.52. The average molecular weight is 378 g/mol. The van der Waals surface area contributed by atoms with Gasteiger partial charge in [0, 0.05) is 38.1 Å². The maximum atomic E-state index is 9.76. The Morgan fingerprint density at radius 3 is 2.93 bits per heavy atom. The summed E-state index contributed by atoms with van der Waals surface area (Å²) >= 11 is 0. The molecule has 0 bridgehead atoms. The van der Waals surface area contributed by atoms with Gasteiger partial charge in [0.25, 0.3) is 0 Å². The van der Waals surface area contributed by atoms with Gasteiger partial charge in [-0.05, 0) is 49.6 Å². The van der Waals surface area contributed by atoms with E-state index in [-0.39, 0.29) is 6.10 Å². The number of hydrogen-bond acceptors (Lipinski definition) is 6. The Kier molecular flexibility index (Phi) is 5.36. The molecule has 0 saturated heterocycles. The third kappa shape index (κ3) is 4.37. The van der Waals surface area contributed by atoms with Crippen molar-refractivity contribution in [2.24, 2.45) is 7.05 Å². The molecule has 7 nitrogen and oxygen atoms in total. The lowest BCUT2D eigenvalue weighted by molar-refractivity contribution is 0.123. The minimum Gasteiger partial charge on any atom is -0.392 e. The van der Waals surface area contributed by atoms with Crippen molar-refractivity contribution in [3.63, 3.8) is 0 Å². The number of aliphatic hydroxyl groups excluding tert-OH is 1. The highest BCUT2D eigenvalue weighted by Crippen LogP contribution is 2.26. The van der Waals surface area contributed by atoms with E-state index in [9.17, 15) is 5.11 Å². The molecule has 1 unspecified atom stereocenters. The minimum atomic E-state index is -0.312. The van der Waals surface area contributed by atoms with Crippen LogP contribution in [0.1, 0.15) is 24.5 Å². The zero-order chi connectivity index (χ0) is 19.5. The van der Waals surface area contributed by atoms with Crippen molar-refractivity contribution in [1.82, 2.24) is 24.6 Å². The summed E-state index contributed by atoms with van der Waals surface area (Å²) in [4.78, 5) is 11.3. The largest absolute Gasteiger partial charge is 0.392 e. The summed E-state index contributed by atoms with van der Waals surface area (Å²) in [5, 5.41) is 17.1. The van der Waals surface area contributed by atoms with Crippen molar-refractivity contribution in [2.45, 2.75) is 32.4 Å². The second kappa shape index (κ2) is 8.08. The molecule has 0 radical (unpaired) electrons. The fourth-order valence-electron chi connectivity index (χ4n) is 3.71. The molecule has 1 aromatic carbocycles. The van der Waals surface area contributed by atoms with E-state index < -0.39 is 0 Å². The summed E-state index contributed by atoms with van der Waals surface area (Å²) in [6.07, 6.45) is 7.28. The monoisotopic (exact) mass is 378 g/mol. The number of fused-ring (bicyclic) bond motifs is 1. The van der Waals surface area contributed by atoms with Gasteiger partial charge in [-0.3, -0.25) is 9.58 Å². The number of anilines is 2. The van der Waals surface area contributed by atoms with Crippen LogP contribution in [0.25, 0.3) is 11.3 Å². The van der Waals surface area contributed by atoms with Gasteiger partial charge in [-0.15, -0.1) is 0 Å². The van der Waals surface area contributed by atoms with Crippen LogP contribution in [-0.4, -0.2) is 48.9 Å². The summed E-state index contributed by atoms with van der Waals surface area (Å²) < 4.78 is 1.73. The molecule has 3 heterocycles. The molecule has 146 valence electrons. The van der Waals surface area contributed by atoms with Gasteiger partial charge in [-0.25, -0.2) is 9.97 Å². The van der Waals surface area contributed by atoms with E-state index in [0.717, 1.165) is 42.9 Å². The normalized spacial score (nSPS) is 15.7. The molecule has 4 rings (SSSR count). The molecule has 1 aliphatic heterocycles. The standard InChI is InChI=1S/C21H26N6O/c1-15(28)12-27-9-3-4-16-5-6-17(10-18(16)13-27)20-7-8-22-21(25-20)24-19-11-23-26(2)14-19/h5-8,10-11,14-15,28H,3-4,9,12-13H2,1-2H3,(H,22,24,25). The lowest BCUT2D eigenvalue weighted by atomic mass is 10.00. The molecule has 0 aliphatic carbocycles. The van der Waals surface area contributed by atoms with Crippen molar-refractivity contribution in [3.8, 4) is 11.3 Å². The van der Waals surface area contributed by atoms with Crippen LogP contribution in [-0.2, 0) is 20.0 Å². The Morgan fingerprint density at radius 2 is 2.14 bits per heavy atom. The van der Waals surface area contributed by atoms with Gasteiger partial charge in [0.15, 0.2) is 0 Å². The number of β-amino-alcohol motifs (C(OH)–C–C–N with tert-alkyl or cyclic N) is 1. The molecule has 2 aromatic heterocycles. The Balaban J connectivity index is 1.58. The molecule has 0 fully saturated rings. The van der Waals surface area contributed by atoms with E-state index in [1.807, 2.05) is 26.2 Å². The van der Waals surface area contributed by atoms with E-state index in [0.29, 0.717) is 12.5 Å². The molecule has 2 N–H and O–H groups in total. The van der Waals surface area contributed by atoms with E-state index in [4.69, 9.17) is 0 Å². The van der Waals surface area contributed by atoms with Crippen molar-refractivity contribution in [3.05, 3.63) is 54.0 Å². The predicted molar refractivity (Wildman–Crippen MR) is 109 cm³/mol. The average Bonchev–Trinajstić information content (AvgIpc) is 2.96. The van der Waals surface area contributed by atoms with Gasteiger partial charge in [0.05, 0.1) is 23.7 Å². The third-order valence-electron chi connectivity index (χ3n) is 4.96. The second-order valence-electron chi connectivity index (χ2n) is 7.46. The molecule has 0 amide bonds. The zero-order valence-corrected chi connectivity index (χ0v) is 16.3. The van der Waals surface area contributed by atoms with Crippen molar-refractivity contribution in [1.29, 1.82) is 0 Å². The van der Waals surface area contributed by atoms with Crippen LogP contribution in [0.3, 0.4) is 0 Å². The van der Waals surface area contributed by atoms with Crippen molar-refractivity contribution in [2.75, 3.05) is 18.4 Å². The minimum absolute atomic E-state index is 0.312. The van der Waals surface area contributed by atoms with Crippen molar-refractivity contribution >= 4 is 11.6 Å². The highest BCUT2D eigenvalue weighted by Gasteiger charge is 2.16. The summed E-state index contributed by atoms with van der Waals surface area (Å²) in [6.45, 7) is 4.43. The maximum Gasteiger partial charge on any atom is 0.227 e. The highest BCUT2D eigenvalue weighted by atomic mass is 16.3. The van der Waals surface area contributed by atoms with Crippen LogP contribution in [0.15, 0.2) is 42.9 Å². The number of nitrogens with one attached hydrogen (secondary N) is 1. The van der Waals surface area contributed by atoms with Crippen molar-refractivity contribution < 1.29 is 5.11 Å². The highest BCUT2D eigenvalue weighted by molar-refractivity contribution is 5.63. The lowest BCUT2D eigenvalue weighted by Gasteiger charge is -2.22. The Labute approximate surface area is 165 Å². The van der Waals surface area contributed by atoms with Crippen LogP contribution in [0, 0.1) is 0 Å². The summed E-state index contributed by atoms with van der Waals surface area (Å²) in [7, 11) is 1.87. The first-order chi connectivity index (χ1) is 13.6. The number of aromatic nitrogens is 4. The number of hydrogen-bond donors (Lipinski definition) is 2. The van der Waals surface area contributed by atoms with E-state index in [2.05, 4.69) is 43.5 Å². The molecule has 28 heavy (non-hydrogen) atoms. The third-order valence-corrected chi connectivity index (χ3v) is 4.96. The topological polar surface area (TPSA) is 79.1 Å². The van der Waals surface area contributed by atoms with Gasteiger partial charge in [-0.1, -0.05) is 12.1 Å². The number of rotatable bonds is 5. The van der Waals surface area contributed by atoms with Gasteiger partial charge in [-0.2, -0.15) is 5.10 Å². The van der Waals surface area contributed by atoms with Gasteiger partial charge < -0.3 is 10.4 Å². The Morgan fingerprint density at radius 1 is 1.25 bits per heavy atom. The predicted octanol–water partition coefficient (Wildman–Crippen LogP) is 2.75. The fraction of sp³-hybridized carbons (Fsp3) is 0.381. The molecule has 0 spiro atoms. The first-order valence-corrected chi connectivity index (χ1v) is 9.68. The Bertz CT molecular complexity index is 952. The molecule has 1 aliphatic rings. The second-order valence-corrected chi connectivity index (χ2v) is 7.46. The first-order valence-electron chi connectivity index (χ1n) is 9.68. The first kappa shape index (κ1) is 18.6. The van der Waals surface area contributed by atoms with Gasteiger partial charge in [0.2, 0.25) is 5.95 Å². The molecule has 7 heteroatoms. The fourth-order valence-corrected chi connectivity index (χ4v) is 3.71. The van der Waals surface area contributed by atoms with Crippen LogP contribution < -0.4 is 5.32 Å². The molecular weight excluding hydrogens is 352 g/mol. The van der Waals surface area contributed by atoms with E-state index in [1.54, 1.807) is 17.1 Å². The van der Waals surface area contributed by atoms with Crippen LogP contribution >= 0.6 is 0 Å². The number of aryl methyl sites for hydroxylation is 2. The Hall–Kier alpha value is -2.77. The molecular formula is C21H26N6O. The quantitative estimate of drug-likeness (QED) is 0.711. The number of aliphatic hydroxyl groups is 1. The van der Waals surface area contributed by atoms with Crippen LogP contribution in [0.4, 0.5) is 11.6 Å². The summed E-state index contributed by atoms with van der Waals surface area (Å²) in [6, 6.07) is 8.51. The zero-order valence-electron chi connectivity index (χ0n) is 16.3. The number of benzene rings is 1. The molecule has 0 saturated carbocycles. The number of nitrogens with zero attached hydrogens (tertiary/aromatic N) is 5. The smallest absolute Gasteiger partial charge is 0.227 e. The molecule has 1 atom stereocenters. The van der Waals surface area contributed by atoms with Gasteiger partial charge in [0.1, 0.15) is 0 Å².